The SMILES string of the molecule is COc1ccc(NC(=O)C[C@H](C(=O)O)[C@@H](C)c2ccccc2)cc1. The van der Waals surface area contributed by atoms with Gasteiger partial charge in [0.2, 0.25) is 5.91 Å². The minimum atomic E-state index is -0.976. The molecule has 1 amide bonds. The first kappa shape index (κ1) is 17.5. The third-order valence-corrected chi connectivity index (χ3v) is 4.03. The van der Waals surface area contributed by atoms with Crippen molar-refractivity contribution in [1.82, 2.24) is 0 Å². The zero-order chi connectivity index (χ0) is 17.5. The molecule has 0 aromatic heterocycles. The third kappa shape index (κ3) is 4.59. The number of hydrogen-bond acceptors (Lipinski definition) is 3. The Morgan fingerprint density at radius 2 is 1.71 bits per heavy atom. The van der Waals surface area contributed by atoms with E-state index in [1.54, 1.807) is 31.4 Å². The van der Waals surface area contributed by atoms with Gasteiger partial charge >= 0.3 is 5.97 Å². The van der Waals surface area contributed by atoms with Crippen molar-refractivity contribution in [2.24, 2.45) is 5.92 Å². The predicted molar refractivity (Wildman–Crippen MR) is 92.2 cm³/mol. The molecule has 5 nitrogen and oxygen atoms in total. The molecule has 0 saturated heterocycles. The van der Waals surface area contributed by atoms with Crippen LogP contribution in [0.25, 0.3) is 0 Å². The number of amides is 1. The summed E-state index contributed by atoms with van der Waals surface area (Å²) >= 11 is 0. The Kier molecular flexibility index (Phi) is 5.95. The van der Waals surface area contributed by atoms with Gasteiger partial charge in [0.05, 0.1) is 13.0 Å². The van der Waals surface area contributed by atoms with Crippen LogP contribution in [0.15, 0.2) is 54.6 Å². The number of aliphatic carboxylic acids is 1. The molecule has 2 aromatic carbocycles. The molecule has 0 heterocycles. The fourth-order valence-electron chi connectivity index (χ4n) is 2.55. The second-order valence-electron chi connectivity index (χ2n) is 5.62. The van der Waals surface area contributed by atoms with Gasteiger partial charge in [-0.1, -0.05) is 37.3 Å². The first-order valence-electron chi connectivity index (χ1n) is 7.73. The molecule has 5 heteroatoms. The van der Waals surface area contributed by atoms with Gasteiger partial charge in [0, 0.05) is 12.1 Å². The van der Waals surface area contributed by atoms with E-state index in [-0.39, 0.29) is 18.2 Å². The second-order valence-corrected chi connectivity index (χ2v) is 5.62. The average molecular weight is 327 g/mol. The maximum Gasteiger partial charge on any atom is 0.307 e. The number of hydrogen-bond donors (Lipinski definition) is 2. The summed E-state index contributed by atoms with van der Waals surface area (Å²) in [5.74, 6) is -1.66. The van der Waals surface area contributed by atoms with Gasteiger partial charge in [0.25, 0.3) is 0 Å². The first-order chi connectivity index (χ1) is 11.5. The van der Waals surface area contributed by atoms with Crippen molar-refractivity contribution < 1.29 is 19.4 Å². The maximum absolute atomic E-state index is 12.2. The van der Waals surface area contributed by atoms with E-state index in [0.29, 0.717) is 11.4 Å². The second kappa shape index (κ2) is 8.15. The highest BCUT2D eigenvalue weighted by Crippen LogP contribution is 2.27. The Hall–Kier alpha value is -2.82. The molecule has 0 spiro atoms. The van der Waals surface area contributed by atoms with E-state index in [1.807, 2.05) is 37.3 Å². The van der Waals surface area contributed by atoms with Gasteiger partial charge in [0.15, 0.2) is 0 Å². The molecule has 0 bridgehead atoms. The number of ether oxygens (including phenoxy) is 1. The number of carboxylic acids is 1. The molecule has 2 atom stereocenters. The molecule has 0 fully saturated rings. The monoisotopic (exact) mass is 327 g/mol. The van der Waals surface area contributed by atoms with Crippen LogP contribution in [0, 0.1) is 5.92 Å². The lowest BCUT2D eigenvalue weighted by Gasteiger charge is -2.20. The molecule has 0 saturated carbocycles. The van der Waals surface area contributed by atoms with Crippen molar-refractivity contribution in [2.75, 3.05) is 12.4 Å². The van der Waals surface area contributed by atoms with E-state index < -0.39 is 11.9 Å². The van der Waals surface area contributed by atoms with Gasteiger partial charge < -0.3 is 15.2 Å². The van der Waals surface area contributed by atoms with Crippen LogP contribution in [0.1, 0.15) is 24.8 Å². The van der Waals surface area contributed by atoms with Crippen molar-refractivity contribution >= 4 is 17.6 Å². The Labute approximate surface area is 141 Å². The summed E-state index contributed by atoms with van der Waals surface area (Å²) in [6.07, 6.45) is -0.0859. The van der Waals surface area contributed by atoms with Gasteiger partial charge in [-0.15, -0.1) is 0 Å². The number of carbonyl (C=O) groups is 2. The lowest BCUT2D eigenvalue weighted by molar-refractivity contribution is -0.144. The van der Waals surface area contributed by atoms with Gasteiger partial charge in [0.1, 0.15) is 5.75 Å². The largest absolute Gasteiger partial charge is 0.497 e. The lowest BCUT2D eigenvalue weighted by Crippen LogP contribution is -2.26. The maximum atomic E-state index is 12.2. The molecule has 2 rings (SSSR count). The number of benzene rings is 2. The van der Waals surface area contributed by atoms with Crippen molar-refractivity contribution in [3.63, 3.8) is 0 Å². The minimum Gasteiger partial charge on any atom is -0.497 e. The molecule has 0 aliphatic rings. The topological polar surface area (TPSA) is 75.6 Å². The Balaban J connectivity index is 2.04. The number of nitrogens with one attached hydrogen (secondary N) is 1. The van der Waals surface area contributed by atoms with Gasteiger partial charge in [-0.2, -0.15) is 0 Å². The quantitative estimate of drug-likeness (QED) is 0.816. The highest BCUT2D eigenvalue weighted by atomic mass is 16.5. The number of carbonyl (C=O) groups excluding carboxylic acids is 1. The van der Waals surface area contributed by atoms with Crippen LogP contribution in [-0.4, -0.2) is 24.1 Å². The van der Waals surface area contributed by atoms with E-state index in [0.717, 1.165) is 5.56 Å². The predicted octanol–water partition coefficient (Wildman–Crippen LogP) is 3.53. The van der Waals surface area contributed by atoms with E-state index >= 15 is 0 Å². The molecule has 24 heavy (non-hydrogen) atoms. The average Bonchev–Trinajstić information content (AvgIpc) is 2.60. The smallest absolute Gasteiger partial charge is 0.307 e. The number of anilines is 1. The summed E-state index contributed by atoms with van der Waals surface area (Å²) in [7, 11) is 1.57. The van der Waals surface area contributed by atoms with Crippen LogP contribution in [-0.2, 0) is 9.59 Å². The summed E-state index contributed by atoms with van der Waals surface area (Å²) < 4.78 is 5.06. The van der Waals surface area contributed by atoms with Crippen LogP contribution >= 0.6 is 0 Å². The fourth-order valence-corrected chi connectivity index (χ4v) is 2.55. The minimum absolute atomic E-state index is 0.0859. The molecular weight excluding hydrogens is 306 g/mol. The third-order valence-electron chi connectivity index (χ3n) is 4.03. The Morgan fingerprint density at radius 3 is 2.25 bits per heavy atom. The van der Waals surface area contributed by atoms with E-state index in [9.17, 15) is 14.7 Å². The van der Waals surface area contributed by atoms with Crippen molar-refractivity contribution in [3.05, 3.63) is 60.2 Å². The molecule has 0 aliphatic carbocycles. The molecule has 0 unspecified atom stereocenters. The Morgan fingerprint density at radius 1 is 1.08 bits per heavy atom. The zero-order valence-electron chi connectivity index (χ0n) is 13.7. The van der Waals surface area contributed by atoms with E-state index in [4.69, 9.17) is 4.74 Å². The van der Waals surface area contributed by atoms with Gasteiger partial charge in [-0.05, 0) is 35.7 Å². The van der Waals surface area contributed by atoms with Crippen LogP contribution in [0.4, 0.5) is 5.69 Å². The van der Waals surface area contributed by atoms with Crippen molar-refractivity contribution in [1.29, 1.82) is 0 Å². The normalized spacial score (nSPS) is 12.9. The van der Waals surface area contributed by atoms with Crippen molar-refractivity contribution in [3.8, 4) is 5.75 Å². The standard InChI is InChI=1S/C19H21NO4/c1-13(14-6-4-3-5-7-14)17(19(22)23)12-18(21)20-15-8-10-16(24-2)11-9-15/h3-11,13,17H,12H2,1-2H3,(H,20,21)(H,22,23)/t13-,17-/m0/s1. The molecule has 0 radical (unpaired) electrons. The summed E-state index contributed by atoms with van der Waals surface area (Å²) in [6, 6.07) is 16.3. The van der Waals surface area contributed by atoms with E-state index in [2.05, 4.69) is 5.32 Å². The highest BCUT2D eigenvalue weighted by molar-refractivity contribution is 5.93. The van der Waals surface area contributed by atoms with E-state index in [1.165, 1.54) is 0 Å². The zero-order valence-corrected chi connectivity index (χ0v) is 13.7. The summed E-state index contributed by atoms with van der Waals surface area (Å²) in [5.41, 5.74) is 1.51. The first-order valence-corrected chi connectivity index (χ1v) is 7.73. The molecular formula is C19H21NO4. The summed E-state index contributed by atoms with van der Waals surface area (Å²) in [6.45, 7) is 1.83. The molecule has 2 N–H and O–H groups in total. The Bertz CT molecular complexity index is 682. The van der Waals surface area contributed by atoms with Crippen LogP contribution < -0.4 is 10.1 Å². The molecule has 2 aromatic rings. The summed E-state index contributed by atoms with van der Waals surface area (Å²) in [4.78, 5) is 23.8. The fraction of sp³-hybridized carbons (Fsp3) is 0.263. The van der Waals surface area contributed by atoms with Crippen LogP contribution in [0.2, 0.25) is 0 Å². The molecule has 126 valence electrons. The lowest BCUT2D eigenvalue weighted by atomic mass is 9.85. The van der Waals surface area contributed by atoms with Gasteiger partial charge in [-0.25, -0.2) is 0 Å². The number of carboxylic acid groups (broad SMARTS) is 1. The highest BCUT2D eigenvalue weighted by Gasteiger charge is 2.28. The van der Waals surface area contributed by atoms with Gasteiger partial charge in [-0.3, -0.25) is 9.59 Å². The summed E-state index contributed by atoms with van der Waals surface area (Å²) in [5, 5.41) is 12.2. The van der Waals surface area contributed by atoms with Crippen LogP contribution in [0.3, 0.4) is 0 Å². The van der Waals surface area contributed by atoms with Crippen molar-refractivity contribution in [2.45, 2.75) is 19.3 Å². The number of rotatable bonds is 7. The van der Waals surface area contributed by atoms with Crippen LogP contribution in [0.5, 0.6) is 5.75 Å². The molecule has 0 aliphatic heterocycles. The number of methoxy groups -OCH3 is 1.